The van der Waals surface area contributed by atoms with E-state index in [-0.39, 0.29) is 0 Å². The van der Waals surface area contributed by atoms with Crippen molar-refractivity contribution < 1.29 is 0 Å². The molecule has 1 aliphatic rings. The lowest BCUT2D eigenvalue weighted by Crippen LogP contribution is -2.05. The molecule has 0 bridgehead atoms. The van der Waals surface area contributed by atoms with E-state index in [2.05, 4.69) is 41.0 Å². The average molecular weight is 153 g/mol. The third-order valence-electron chi connectivity index (χ3n) is 2.68. The molecular weight excluding hydrogens is 132 g/mol. The van der Waals surface area contributed by atoms with Crippen molar-refractivity contribution in [1.29, 1.82) is 0 Å². The summed E-state index contributed by atoms with van der Waals surface area (Å²) in [6.45, 7) is 11.6. The van der Waals surface area contributed by atoms with Gasteiger partial charge in [0.25, 0.3) is 0 Å². The fourth-order valence-corrected chi connectivity index (χ4v) is 1.51. The van der Waals surface area contributed by atoms with Crippen LogP contribution in [0.25, 0.3) is 0 Å². The lowest BCUT2D eigenvalue weighted by atomic mass is 9.88. The average Bonchev–Trinajstić information content (AvgIpc) is 2.33. The first-order valence-electron chi connectivity index (χ1n) is 4.67. The van der Waals surface area contributed by atoms with Crippen LogP contribution in [0.3, 0.4) is 0 Å². The van der Waals surface area contributed by atoms with Crippen molar-refractivity contribution in [2.45, 2.75) is 47.5 Å². The van der Waals surface area contributed by atoms with Gasteiger partial charge in [0, 0.05) is 0 Å². The van der Waals surface area contributed by atoms with Crippen molar-refractivity contribution in [3.05, 3.63) is 6.42 Å². The van der Waals surface area contributed by atoms with Gasteiger partial charge in [-0.3, -0.25) is 0 Å². The number of rotatable bonds is 2. The smallest absolute Gasteiger partial charge is 0.0289 e. The van der Waals surface area contributed by atoms with Crippen LogP contribution in [0.15, 0.2) is 0 Å². The number of hydrogen-bond donors (Lipinski definition) is 0. The van der Waals surface area contributed by atoms with E-state index in [1.165, 1.54) is 12.8 Å². The maximum Gasteiger partial charge on any atom is -0.0289 e. The molecule has 65 valence electrons. The van der Waals surface area contributed by atoms with Crippen molar-refractivity contribution in [1.82, 2.24) is 0 Å². The molecule has 1 fully saturated rings. The second-order valence-corrected chi connectivity index (χ2v) is 5.69. The molecule has 0 heterocycles. The van der Waals surface area contributed by atoms with Crippen LogP contribution in [-0.2, 0) is 0 Å². The molecular formula is C11H21. The molecule has 1 atom stereocenters. The first kappa shape index (κ1) is 9.09. The van der Waals surface area contributed by atoms with Crippen molar-refractivity contribution in [3.63, 3.8) is 0 Å². The summed E-state index contributed by atoms with van der Waals surface area (Å²) in [5.74, 6) is 0.904. The van der Waals surface area contributed by atoms with E-state index in [0.717, 1.165) is 5.92 Å². The molecule has 0 heteroatoms. The zero-order valence-electron chi connectivity index (χ0n) is 8.57. The Hall–Kier alpha value is 0. The Morgan fingerprint density at radius 1 is 1.27 bits per heavy atom. The van der Waals surface area contributed by atoms with Crippen LogP contribution in [0.5, 0.6) is 0 Å². The molecule has 0 aliphatic heterocycles. The fourth-order valence-electron chi connectivity index (χ4n) is 1.51. The first-order chi connectivity index (χ1) is 4.81. The van der Waals surface area contributed by atoms with Crippen LogP contribution >= 0.6 is 0 Å². The molecule has 1 saturated carbocycles. The van der Waals surface area contributed by atoms with E-state index >= 15 is 0 Å². The molecule has 0 amide bonds. The third kappa shape index (κ3) is 2.84. The van der Waals surface area contributed by atoms with E-state index in [4.69, 9.17) is 0 Å². The van der Waals surface area contributed by atoms with Gasteiger partial charge in [-0.1, -0.05) is 34.6 Å². The minimum atomic E-state index is 0.520. The quantitative estimate of drug-likeness (QED) is 0.568. The highest BCUT2D eigenvalue weighted by atomic mass is 14.5. The first-order valence-corrected chi connectivity index (χ1v) is 4.67. The van der Waals surface area contributed by atoms with Gasteiger partial charge in [-0.2, -0.15) is 0 Å². The highest BCUT2D eigenvalue weighted by Gasteiger charge is 2.45. The Morgan fingerprint density at radius 3 is 2.00 bits per heavy atom. The van der Waals surface area contributed by atoms with E-state index in [9.17, 15) is 0 Å². The Labute approximate surface area is 71.4 Å². The zero-order chi connectivity index (χ0) is 8.70. The molecule has 0 aromatic rings. The lowest BCUT2D eigenvalue weighted by molar-refractivity contribution is 0.342. The van der Waals surface area contributed by atoms with Gasteiger partial charge in [0.15, 0.2) is 0 Å². The van der Waals surface area contributed by atoms with Gasteiger partial charge < -0.3 is 0 Å². The maximum atomic E-state index is 2.47. The van der Waals surface area contributed by atoms with Crippen molar-refractivity contribution >= 4 is 0 Å². The predicted octanol–water partition coefficient (Wildman–Crippen LogP) is 3.67. The van der Waals surface area contributed by atoms with Crippen LogP contribution in [0.2, 0.25) is 0 Å². The third-order valence-corrected chi connectivity index (χ3v) is 2.68. The van der Waals surface area contributed by atoms with Gasteiger partial charge >= 0.3 is 0 Å². The molecule has 11 heavy (non-hydrogen) atoms. The SMILES string of the molecule is CC(C)(C)CCC1[CH]C1(C)C. The summed E-state index contributed by atoms with van der Waals surface area (Å²) in [6.07, 6.45) is 5.22. The summed E-state index contributed by atoms with van der Waals surface area (Å²) in [7, 11) is 0. The molecule has 0 spiro atoms. The van der Waals surface area contributed by atoms with Crippen molar-refractivity contribution in [2.24, 2.45) is 16.7 Å². The van der Waals surface area contributed by atoms with Crippen LogP contribution in [-0.4, -0.2) is 0 Å². The fraction of sp³-hybridized carbons (Fsp3) is 0.909. The van der Waals surface area contributed by atoms with E-state index < -0.39 is 0 Å². The second-order valence-electron chi connectivity index (χ2n) is 5.69. The van der Waals surface area contributed by atoms with E-state index in [1.54, 1.807) is 0 Å². The van der Waals surface area contributed by atoms with Gasteiger partial charge in [-0.25, -0.2) is 0 Å². The predicted molar refractivity (Wildman–Crippen MR) is 50.3 cm³/mol. The minimum absolute atomic E-state index is 0.520. The molecule has 0 aromatic heterocycles. The van der Waals surface area contributed by atoms with Crippen LogP contribution in [0, 0.1) is 23.2 Å². The topological polar surface area (TPSA) is 0 Å². The molecule has 1 unspecified atom stereocenters. The van der Waals surface area contributed by atoms with Gasteiger partial charge in [0.05, 0.1) is 0 Å². The Morgan fingerprint density at radius 2 is 1.73 bits per heavy atom. The summed E-state index contributed by atoms with van der Waals surface area (Å²) >= 11 is 0. The van der Waals surface area contributed by atoms with Crippen LogP contribution in [0.1, 0.15) is 47.5 Å². The molecule has 0 aromatic carbocycles. The molecule has 0 N–H and O–H groups in total. The van der Waals surface area contributed by atoms with Gasteiger partial charge in [-0.05, 0) is 36.0 Å². The highest BCUT2D eigenvalue weighted by molar-refractivity contribution is 5.13. The minimum Gasteiger partial charge on any atom is -0.0602 e. The van der Waals surface area contributed by atoms with Crippen LogP contribution < -0.4 is 0 Å². The summed E-state index contributed by atoms with van der Waals surface area (Å²) in [6, 6.07) is 0. The standard InChI is InChI=1S/C11H21/c1-10(2,3)7-6-9-8-11(9,4)5/h8-9H,6-7H2,1-5H3. The molecule has 1 radical (unpaired) electrons. The summed E-state index contributed by atoms with van der Waals surface area (Å²) < 4.78 is 0. The highest BCUT2D eigenvalue weighted by Crippen LogP contribution is 2.53. The molecule has 0 nitrogen and oxygen atoms in total. The Balaban J connectivity index is 2.16. The van der Waals surface area contributed by atoms with E-state index in [0.29, 0.717) is 10.8 Å². The summed E-state index contributed by atoms with van der Waals surface area (Å²) in [4.78, 5) is 0. The lowest BCUT2D eigenvalue weighted by Gasteiger charge is -2.17. The Bertz CT molecular complexity index is 137. The monoisotopic (exact) mass is 153 g/mol. The molecule has 1 aliphatic carbocycles. The number of hydrogen-bond acceptors (Lipinski definition) is 0. The van der Waals surface area contributed by atoms with Gasteiger partial charge in [-0.15, -0.1) is 0 Å². The van der Waals surface area contributed by atoms with E-state index in [1.807, 2.05) is 0 Å². The Kier molecular flexibility index (Phi) is 2.07. The largest absolute Gasteiger partial charge is 0.0602 e. The second kappa shape index (κ2) is 2.50. The zero-order valence-corrected chi connectivity index (χ0v) is 8.57. The molecule has 1 rings (SSSR count). The summed E-state index contributed by atoms with van der Waals surface area (Å²) in [5.41, 5.74) is 1.08. The van der Waals surface area contributed by atoms with Gasteiger partial charge in [0.2, 0.25) is 0 Å². The molecule has 0 saturated heterocycles. The van der Waals surface area contributed by atoms with Crippen molar-refractivity contribution in [2.75, 3.05) is 0 Å². The normalized spacial score (nSPS) is 28.6. The maximum absolute atomic E-state index is 2.47. The van der Waals surface area contributed by atoms with Gasteiger partial charge in [0.1, 0.15) is 0 Å². The van der Waals surface area contributed by atoms with Crippen molar-refractivity contribution in [3.8, 4) is 0 Å². The van der Waals surface area contributed by atoms with Crippen LogP contribution in [0.4, 0.5) is 0 Å². The summed E-state index contributed by atoms with van der Waals surface area (Å²) in [5, 5.41) is 0.